The Morgan fingerprint density at radius 3 is 2.84 bits per heavy atom. The molecule has 2 aliphatic carbocycles. The van der Waals surface area contributed by atoms with Gasteiger partial charge in [-0.15, -0.1) is 0 Å². The minimum atomic E-state index is -0.641. The number of thioether (sulfide) groups is 1. The molecule has 0 N–H and O–H groups in total. The van der Waals surface area contributed by atoms with E-state index in [1.165, 1.54) is 32.8 Å². The van der Waals surface area contributed by atoms with Gasteiger partial charge in [-0.05, 0) is 25.7 Å². The summed E-state index contributed by atoms with van der Waals surface area (Å²) in [7, 11) is 1.40. The molecule has 19 heavy (non-hydrogen) atoms. The SMILES string of the molecule is COC(=O)C1(c2nc(CSC3CCCC3)no2)CC1. The topological polar surface area (TPSA) is 65.2 Å². The summed E-state index contributed by atoms with van der Waals surface area (Å²) in [6, 6.07) is 0. The highest BCUT2D eigenvalue weighted by Gasteiger charge is 2.57. The van der Waals surface area contributed by atoms with Crippen LogP contribution >= 0.6 is 11.8 Å². The molecule has 0 amide bonds. The fourth-order valence-electron chi connectivity index (χ4n) is 2.58. The Bertz CT molecular complexity index is 464. The van der Waals surface area contributed by atoms with Crippen LogP contribution < -0.4 is 0 Å². The van der Waals surface area contributed by atoms with Crippen LogP contribution in [0.15, 0.2) is 4.52 Å². The van der Waals surface area contributed by atoms with E-state index in [9.17, 15) is 4.79 Å². The van der Waals surface area contributed by atoms with Crippen LogP contribution in [0.3, 0.4) is 0 Å². The molecular formula is C13H18N2O3S. The zero-order valence-electron chi connectivity index (χ0n) is 11.1. The lowest BCUT2D eigenvalue weighted by Crippen LogP contribution is -2.22. The van der Waals surface area contributed by atoms with Crippen molar-refractivity contribution in [1.29, 1.82) is 0 Å². The lowest BCUT2D eigenvalue weighted by Gasteiger charge is -2.06. The molecule has 2 saturated carbocycles. The number of aromatic nitrogens is 2. The van der Waals surface area contributed by atoms with Gasteiger partial charge in [-0.25, -0.2) is 0 Å². The first kappa shape index (κ1) is 13.0. The van der Waals surface area contributed by atoms with Crippen molar-refractivity contribution >= 4 is 17.7 Å². The molecule has 0 radical (unpaired) electrons. The normalized spacial score (nSPS) is 21.5. The van der Waals surface area contributed by atoms with Crippen LogP contribution in [0.1, 0.15) is 50.2 Å². The fraction of sp³-hybridized carbons (Fsp3) is 0.769. The number of nitrogens with zero attached hydrogens (tertiary/aromatic N) is 2. The third-order valence-electron chi connectivity index (χ3n) is 3.95. The van der Waals surface area contributed by atoms with Crippen LogP contribution in [0.4, 0.5) is 0 Å². The molecule has 2 fully saturated rings. The van der Waals surface area contributed by atoms with Crippen molar-refractivity contribution in [3.05, 3.63) is 11.7 Å². The maximum Gasteiger partial charge on any atom is 0.321 e. The van der Waals surface area contributed by atoms with E-state index < -0.39 is 5.41 Å². The fourth-order valence-corrected chi connectivity index (χ4v) is 3.75. The molecule has 104 valence electrons. The van der Waals surface area contributed by atoms with Gasteiger partial charge in [0.2, 0.25) is 5.89 Å². The van der Waals surface area contributed by atoms with Gasteiger partial charge in [0.15, 0.2) is 5.82 Å². The molecule has 1 aromatic heterocycles. The number of carbonyl (C=O) groups excluding carboxylic acids is 1. The van der Waals surface area contributed by atoms with Gasteiger partial charge in [0.25, 0.3) is 0 Å². The standard InChI is InChI=1S/C13H18N2O3S/c1-17-12(16)13(6-7-13)11-14-10(15-18-11)8-19-9-4-2-3-5-9/h9H,2-8H2,1H3. The molecule has 6 heteroatoms. The van der Waals surface area contributed by atoms with Crippen LogP contribution in [0.25, 0.3) is 0 Å². The molecule has 0 saturated heterocycles. The predicted molar refractivity (Wildman–Crippen MR) is 70.8 cm³/mol. The van der Waals surface area contributed by atoms with Gasteiger partial charge in [-0.3, -0.25) is 4.79 Å². The molecule has 0 aliphatic heterocycles. The summed E-state index contributed by atoms with van der Waals surface area (Å²) in [5.41, 5.74) is -0.641. The van der Waals surface area contributed by atoms with E-state index in [-0.39, 0.29) is 5.97 Å². The Morgan fingerprint density at radius 1 is 1.47 bits per heavy atom. The Labute approximate surface area is 116 Å². The molecule has 3 rings (SSSR count). The Hall–Kier alpha value is -1.04. The average molecular weight is 282 g/mol. The van der Waals surface area contributed by atoms with Gasteiger partial charge in [0, 0.05) is 5.25 Å². The number of methoxy groups -OCH3 is 1. The van der Waals surface area contributed by atoms with Crippen molar-refractivity contribution in [2.24, 2.45) is 0 Å². The molecule has 0 aromatic carbocycles. The minimum Gasteiger partial charge on any atom is -0.468 e. The lowest BCUT2D eigenvalue weighted by molar-refractivity contribution is -0.144. The predicted octanol–water partition coefficient (Wildman–Crippen LogP) is 2.45. The highest BCUT2D eigenvalue weighted by molar-refractivity contribution is 7.99. The quantitative estimate of drug-likeness (QED) is 0.773. The zero-order valence-corrected chi connectivity index (χ0v) is 11.9. The van der Waals surface area contributed by atoms with Gasteiger partial charge < -0.3 is 9.26 Å². The smallest absolute Gasteiger partial charge is 0.321 e. The molecule has 0 atom stereocenters. The number of hydrogen-bond acceptors (Lipinski definition) is 6. The maximum atomic E-state index is 11.7. The van der Waals surface area contributed by atoms with E-state index in [0.717, 1.165) is 23.8 Å². The van der Waals surface area contributed by atoms with Crippen molar-refractivity contribution < 1.29 is 14.1 Å². The maximum absolute atomic E-state index is 11.7. The van der Waals surface area contributed by atoms with Crippen LogP contribution in [0, 0.1) is 0 Å². The number of rotatable bonds is 5. The van der Waals surface area contributed by atoms with Crippen LogP contribution in [-0.2, 0) is 20.7 Å². The Balaban J connectivity index is 1.61. The lowest BCUT2D eigenvalue weighted by atomic mass is 10.1. The second-order valence-electron chi connectivity index (χ2n) is 5.31. The second-order valence-corrected chi connectivity index (χ2v) is 6.60. The largest absolute Gasteiger partial charge is 0.468 e. The summed E-state index contributed by atoms with van der Waals surface area (Å²) in [6.45, 7) is 0. The number of ether oxygens (including phenoxy) is 1. The van der Waals surface area contributed by atoms with E-state index in [1.54, 1.807) is 0 Å². The number of carbonyl (C=O) groups is 1. The molecule has 1 aromatic rings. The molecule has 1 heterocycles. The van der Waals surface area contributed by atoms with Crippen LogP contribution in [-0.4, -0.2) is 28.5 Å². The monoisotopic (exact) mass is 282 g/mol. The third kappa shape index (κ3) is 2.50. The average Bonchev–Trinajstić information content (AvgIpc) is 2.89. The minimum absolute atomic E-state index is 0.258. The summed E-state index contributed by atoms with van der Waals surface area (Å²) in [5, 5.41) is 4.72. The summed E-state index contributed by atoms with van der Waals surface area (Å²) in [6.07, 6.45) is 6.75. The summed E-state index contributed by atoms with van der Waals surface area (Å²) in [4.78, 5) is 16.1. The van der Waals surface area contributed by atoms with E-state index in [2.05, 4.69) is 10.1 Å². The number of esters is 1. The van der Waals surface area contributed by atoms with E-state index in [0.29, 0.717) is 11.7 Å². The first-order chi connectivity index (χ1) is 9.24. The molecule has 0 spiro atoms. The Kier molecular flexibility index (Phi) is 3.52. The Morgan fingerprint density at radius 2 is 2.21 bits per heavy atom. The van der Waals surface area contributed by atoms with E-state index in [1.807, 2.05) is 11.8 Å². The molecule has 0 unspecified atom stereocenters. The van der Waals surface area contributed by atoms with Gasteiger partial charge in [-0.1, -0.05) is 18.0 Å². The van der Waals surface area contributed by atoms with E-state index in [4.69, 9.17) is 9.26 Å². The van der Waals surface area contributed by atoms with Crippen molar-refractivity contribution in [1.82, 2.24) is 10.1 Å². The van der Waals surface area contributed by atoms with Crippen molar-refractivity contribution in [2.75, 3.05) is 7.11 Å². The van der Waals surface area contributed by atoms with Gasteiger partial charge >= 0.3 is 5.97 Å². The highest BCUT2D eigenvalue weighted by Crippen LogP contribution is 2.48. The van der Waals surface area contributed by atoms with Gasteiger partial charge in [0.05, 0.1) is 12.9 Å². The summed E-state index contributed by atoms with van der Waals surface area (Å²) >= 11 is 1.89. The number of hydrogen-bond donors (Lipinski definition) is 0. The van der Waals surface area contributed by atoms with Gasteiger partial charge in [-0.2, -0.15) is 16.7 Å². The van der Waals surface area contributed by atoms with Crippen molar-refractivity contribution in [2.45, 2.75) is 54.9 Å². The first-order valence-corrected chi connectivity index (χ1v) is 7.82. The summed E-state index contributed by atoms with van der Waals surface area (Å²) < 4.78 is 10.1. The molecule has 0 bridgehead atoms. The van der Waals surface area contributed by atoms with E-state index >= 15 is 0 Å². The zero-order chi connectivity index (χ0) is 13.3. The highest BCUT2D eigenvalue weighted by atomic mass is 32.2. The van der Waals surface area contributed by atoms with Crippen LogP contribution in [0.2, 0.25) is 0 Å². The first-order valence-electron chi connectivity index (χ1n) is 6.78. The van der Waals surface area contributed by atoms with Crippen LogP contribution in [0.5, 0.6) is 0 Å². The van der Waals surface area contributed by atoms with Crippen molar-refractivity contribution in [3.8, 4) is 0 Å². The molecule has 2 aliphatic rings. The molecular weight excluding hydrogens is 264 g/mol. The van der Waals surface area contributed by atoms with Crippen molar-refractivity contribution in [3.63, 3.8) is 0 Å². The summed E-state index contributed by atoms with van der Waals surface area (Å²) in [5.74, 6) is 1.64. The molecule has 5 nitrogen and oxygen atoms in total. The second kappa shape index (κ2) is 5.15. The third-order valence-corrected chi connectivity index (χ3v) is 5.32. The van der Waals surface area contributed by atoms with Gasteiger partial charge in [0.1, 0.15) is 5.41 Å².